The lowest BCUT2D eigenvalue weighted by atomic mass is 10.2. The van der Waals surface area contributed by atoms with E-state index < -0.39 is 11.9 Å². The number of carboxylic acid groups (broad SMARTS) is 1. The molecule has 5 heteroatoms. The Kier molecular flexibility index (Phi) is 3.87. The molecule has 0 rings (SSSR count). The fourth-order valence-corrected chi connectivity index (χ4v) is 0.447. The minimum atomic E-state index is -1.23. The van der Waals surface area contributed by atoms with E-state index in [9.17, 15) is 14.4 Å². The third-order valence-electron chi connectivity index (χ3n) is 1.05. The van der Waals surface area contributed by atoms with Gasteiger partial charge in [-0.3, -0.25) is 9.59 Å². The summed E-state index contributed by atoms with van der Waals surface area (Å²) in [5.41, 5.74) is 0. The van der Waals surface area contributed by atoms with Crippen LogP contribution >= 0.6 is 0 Å². The first kappa shape index (κ1) is 9.61. The second kappa shape index (κ2) is 4.43. The highest BCUT2D eigenvalue weighted by Gasteiger charge is 2.15. The van der Waals surface area contributed by atoms with Gasteiger partial charge in [0, 0.05) is 13.5 Å². The number of carbonyl (C=O) groups is 3. The molecular formula is C6H9NO4. The summed E-state index contributed by atoms with van der Waals surface area (Å²) in [6, 6.07) is 0. The Morgan fingerprint density at radius 2 is 2.18 bits per heavy atom. The molecule has 2 N–H and O–H groups in total. The Balaban J connectivity index is 3.79. The van der Waals surface area contributed by atoms with Gasteiger partial charge in [-0.1, -0.05) is 0 Å². The minimum Gasteiger partial charge on any atom is -0.481 e. The number of carboxylic acids is 1. The van der Waals surface area contributed by atoms with Gasteiger partial charge >= 0.3 is 5.97 Å². The molecule has 1 atom stereocenters. The molecule has 0 spiro atoms. The smallest absolute Gasteiger partial charge is 0.315 e. The summed E-state index contributed by atoms with van der Waals surface area (Å²) >= 11 is 0. The highest BCUT2D eigenvalue weighted by Crippen LogP contribution is 1.88. The first-order valence-electron chi connectivity index (χ1n) is 3.00. The van der Waals surface area contributed by atoms with Gasteiger partial charge in [0.25, 0.3) is 0 Å². The summed E-state index contributed by atoms with van der Waals surface area (Å²) in [4.78, 5) is 30.5. The van der Waals surface area contributed by atoms with Crippen LogP contribution in [0, 0.1) is 5.92 Å². The van der Waals surface area contributed by atoms with Crippen LogP contribution in [0.2, 0.25) is 0 Å². The largest absolute Gasteiger partial charge is 0.481 e. The fraction of sp³-hybridized carbons (Fsp3) is 0.500. The zero-order chi connectivity index (χ0) is 8.85. The van der Waals surface area contributed by atoms with Crippen molar-refractivity contribution in [3.05, 3.63) is 0 Å². The third kappa shape index (κ3) is 4.07. The molecule has 0 saturated carbocycles. The first-order chi connectivity index (χ1) is 5.07. The molecule has 0 saturated heterocycles. The molecule has 0 aromatic heterocycles. The van der Waals surface area contributed by atoms with E-state index in [1.165, 1.54) is 6.92 Å². The highest BCUT2D eigenvalue weighted by atomic mass is 16.4. The number of aliphatic carboxylic acids is 1. The van der Waals surface area contributed by atoms with Crippen LogP contribution in [0.25, 0.3) is 0 Å². The second-order valence-corrected chi connectivity index (χ2v) is 2.02. The van der Waals surface area contributed by atoms with Crippen LogP contribution in [0.1, 0.15) is 6.92 Å². The predicted octanol–water partition coefficient (Wildman–Crippen LogP) is -0.978. The molecule has 0 aliphatic heterocycles. The topological polar surface area (TPSA) is 83.5 Å². The molecule has 0 bridgehead atoms. The Morgan fingerprint density at radius 1 is 1.64 bits per heavy atom. The Labute approximate surface area is 63.4 Å². The molecule has 1 unspecified atom stereocenters. The average Bonchev–Trinajstić information content (AvgIpc) is 1.87. The summed E-state index contributed by atoms with van der Waals surface area (Å²) in [6.45, 7) is 1.11. The van der Waals surface area contributed by atoms with Gasteiger partial charge in [-0.05, 0) is 0 Å². The van der Waals surface area contributed by atoms with Crippen LogP contribution in [-0.2, 0) is 14.4 Å². The van der Waals surface area contributed by atoms with E-state index in [0.717, 1.165) is 0 Å². The summed E-state index contributed by atoms with van der Waals surface area (Å²) in [5.74, 6) is -2.72. The van der Waals surface area contributed by atoms with Crippen molar-refractivity contribution in [1.29, 1.82) is 0 Å². The number of amides is 1. The Bertz CT molecular complexity index is 177. The van der Waals surface area contributed by atoms with Crippen molar-refractivity contribution >= 4 is 18.2 Å². The zero-order valence-corrected chi connectivity index (χ0v) is 6.03. The van der Waals surface area contributed by atoms with Gasteiger partial charge in [-0.2, -0.15) is 0 Å². The van der Waals surface area contributed by atoms with Gasteiger partial charge in [0.15, 0.2) is 0 Å². The predicted molar refractivity (Wildman–Crippen MR) is 35.9 cm³/mol. The quantitative estimate of drug-likeness (QED) is 0.408. The van der Waals surface area contributed by atoms with E-state index in [1.54, 1.807) is 0 Å². The molecule has 0 heterocycles. The van der Waals surface area contributed by atoms with E-state index in [2.05, 4.69) is 5.32 Å². The van der Waals surface area contributed by atoms with Crippen molar-refractivity contribution in [2.75, 3.05) is 6.54 Å². The summed E-state index contributed by atoms with van der Waals surface area (Å²) in [7, 11) is 0. The summed E-state index contributed by atoms with van der Waals surface area (Å²) in [6.07, 6.45) is 0.290. The Morgan fingerprint density at radius 3 is 2.45 bits per heavy atom. The number of aldehydes is 1. The van der Waals surface area contributed by atoms with Crippen LogP contribution < -0.4 is 5.32 Å². The van der Waals surface area contributed by atoms with Crippen molar-refractivity contribution < 1.29 is 19.5 Å². The SMILES string of the molecule is CC(=O)NCC(C=O)C(=O)O. The normalized spacial score (nSPS) is 11.7. The molecule has 0 fully saturated rings. The number of hydrogen-bond acceptors (Lipinski definition) is 3. The van der Waals surface area contributed by atoms with Gasteiger partial charge in [0.1, 0.15) is 12.2 Å². The van der Waals surface area contributed by atoms with Gasteiger partial charge in [0.2, 0.25) is 5.91 Å². The molecule has 11 heavy (non-hydrogen) atoms. The zero-order valence-electron chi connectivity index (χ0n) is 6.03. The van der Waals surface area contributed by atoms with Crippen LogP contribution in [0.4, 0.5) is 0 Å². The molecule has 1 amide bonds. The Hall–Kier alpha value is -1.39. The maximum absolute atomic E-state index is 10.3. The van der Waals surface area contributed by atoms with E-state index >= 15 is 0 Å². The standard InChI is InChI=1S/C6H9NO4/c1-4(9)7-2-5(3-8)6(10)11/h3,5H,2H2,1H3,(H,7,9)(H,10,11). The molecule has 5 nitrogen and oxygen atoms in total. The monoisotopic (exact) mass is 159 g/mol. The van der Waals surface area contributed by atoms with Crippen LogP contribution in [0.15, 0.2) is 0 Å². The summed E-state index contributed by atoms with van der Waals surface area (Å²) < 4.78 is 0. The van der Waals surface area contributed by atoms with Crippen LogP contribution in [0.3, 0.4) is 0 Å². The molecule has 62 valence electrons. The van der Waals surface area contributed by atoms with Gasteiger partial charge in [-0.15, -0.1) is 0 Å². The lowest BCUT2D eigenvalue weighted by molar-refractivity contribution is -0.143. The maximum atomic E-state index is 10.3. The fourth-order valence-electron chi connectivity index (χ4n) is 0.447. The average molecular weight is 159 g/mol. The number of carbonyl (C=O) groups excluding carboxylic acids is 2. The lowest BCUT2D eigenvalue weighted by Gasteiger charge is -2.03. The van der Waals surface area contributed by atoms with Crippen molar-refractivity contribution in [2.24, 2.45) is 5.92 Å². The second-order valence-electron chi connectivity index (χ2n) is 2.02. The minimum absolute atomic E-state index is 0.145. The number of rotatable bonds is 4. The molecule has 0 aliphatic rings. The van der Waals surface area contributed by atoms with Crippen molar-refractivity contribution in [3.63, 3.8) is 0 Å². The summed E-state index contributed by atoms with van der Waals surface area (Å²) in [5, 5.41) is 10.5. The van der Waals surface area contributed by atoms with Gasteiger partial charge in [0.05, 0.1) is 0 Å². The third-order valence-corrected chi connectivity index (χ3v) is 1.05. The van der Waals surface area contributed by atoms with Crippen molar-refractivity contribution in [2.45, 2.75) is 6.92 Å². The van der Waals surface area contributed by atoms with E-state index in [1.807, 2.05) is 0 Å². The van der Waals surface area contributed by atoms with E-state index in [-0.39, 0.29) is 18.7 Å². The van der Waals surface area contributed by atoms with Crippen LogP contribution in [0.5, 0.6) is 0 Å². The molecule has 0 aromatic carbocycles. The number of hydrogen-bond donors (Lipinski definition) is 2. The van der Waals surface area contributed by atoms with E-state index in [4.69, 9.17) is 5.11 Å². The van der Waals surface area contributed by atoms with Gasteiger partial charge < -0.3 is 15.2 Å². The molecular weight excluding hydrogens is 150 g/mol. The lowest BCUT2D eigenvalue weighted by Crippen LogP contribution is -2.32. The molecule has 0 aromatic rings. The van der Waals surface area contributed by atoms with Gasteiger partial charge in [-0.25, -0.2) is 0 Å². The van der Waals surface area contributed by atoms with Crippen LogP contribution in [-0.4, -0.2) is 29.8 Å². The first-order valence-corrected chi connectivity index (χ1v) is 3.00. The van der Waals surface area contributed by atoms with E-state index in [0.29, 0.717) is 0 Å². The molecule has 0 aliphatic carbocycles. The maximum Gasteiger partial charge on any atom is 0.315 e. The van der Waals surface area contributed by atoms with Crippen molar-refractivity contribution in [3.8, 4) is 0 Å². The van der Waals surface area contributed by atoms with Crippen molar-refractivity contribution in [1.82, 2.24) is 5.32 Å². The number of nitrogens with one attached hydrogen (secondary N) is 1. The highest BCUT2D eigenvalue weighted by molar-refractivity contribution is 5.87. The molecule has 0 radical (unpaired) electrons.